The summed E-state index contributed by atoms with van der Waals surface area (Å²) in [5.74, 6) is 0.591. The van der Waals surface area contributed by atoms with Gasteiger partial charge in [0.15, 0.2) is 0 Å². The summed E-state index contributed by atoms with van der Waals surface area (Å²) in [6.45, 7) is 7.11. The molecular formula is C17H26O3. The number of rotatable bonds is 6. The molecule has 1 fully saturated rings. The highest BCUT2D eigenvalue weighted by Gasteiger charge is 2.39. The average Bonchev–Trinajstić information content (AvgIpc) is 2.90. The molecule has 0 aliphatic carbocycles. The van der Waals surface area contributed by atoms with Crippen LogP contribution in [0.15, 0.2) is 30.3 Å². The summed E-state index contributed by atoms with van der Waals surface area (Å²) in [6, 6.07) is 10.2. The Labute approximate surface area is 121 Å². The SMILES string of the molecule is CC(C)[C@H]1C[C@H](OCc2ccccc2)[C@@H]([C@@H](C)CO)O1. The maximum atomic E-state index is 9.39. The first-order valence-corrected chi connectivity index (χ1v) is 7.53. The molecule has 0 amide bonds. The van der Waals surface area contributed by atoms with Crippen molar-refractivity contribution in [3.8, 4) is 0 Å². The predicted octanol–water partition coefficient (Wildman–Crippen LogP) is 3.01. The highest BCUT2D eigenvalue weighted by molar-refractivity contribution is 5.13. The van der Waals surface area contributed by atoms with Gasteiger partial charge in [-0.3, -0.25) is 0 Å². The molecule has 20 heavy (non-hydrogen) atoms. The van der Waals surface area contributed by atoms with Crippen molar-refractivity contribution in [2.75, 3.05) is 6.61 Å². The molecule has 1 saturated heterocycles. The van der Waals surface area contributed by atoms with Gasteiger partial charge in [-0.05, 0) is 11.5 Å². The van der Waals surface area contributed by atoms with Crippen LogP contribution in [0.5, 0.6) is 0 Å². The fourth-order valence-corrected chi connectivity index (χ4v) is 2.68. The molecule has 1 heterocycles. The fourth-order valence-electron chi connectivity index (χ4n) is 2.68. The minimum Gasteiger partial charge on any atom is -0.396 e. The Morgan fingerprint density at radius 1 is 1.25 bits per heavy atom. The number of aliphatic hydroxyl groups is 1. The molecule has 1 aliphatic heterocycles. The maximum Gasteiger partial charge on any atom is 0.0889 e. The van der Waals surface area contributed by atoms with Gasteiger partial charge in [0.2, 0.25) is 0 Å². The second kappa shape index (κ2) is 7.21. The lowest BCUT2D eigenvalue weighted by Crippen LogP contribution is -2.32. The summed E-state index contributed by atoms with van der Waals surface area (Å²) in [7, 11) is 0. The molecule has 112 valence electrons. The Bertz CT molecular complexity index is 390. The van der Waals surface area contributed by atoms with E-state index in [1.54, 1.807) is 0 Å². The lowest BCUT2D eigenvalue weighted by Gasteiger charge is -2.24. The molecule has 2 rings (SSSR count). The van der Waals surface area contributed by atoms with Gasteiger partial charge in [-0.15, -0.1) is 0 Å². The molecule has 1 N–H and O–H groups in total. The lowest BCUT2D eigenvalue weighted by molar-refractivity contribution is -0.0687. The normalized spacial score (nSPS) is 27.9. The van der Waals surface area contributed by atoms with E-state index in [9.17, 15) is 5.11 Å². The Balaban J connectivity index is 1.96. The zero-order chi connectivity index (χ0) is 14.5. The summed E-state index contributed by atoms with van der Waals surface area (Å²) in [4.78, 5) is 0. The van der Waals surface area contributed by atoms with Crippen LogP contribution in [0.3, 0.4) is 0 Å². The second-order valence-corrected chi connectivity index (χ2v) is 6.11. The van der Waals surface area contributed by atoms with E-state index in [1.165, 1.54) is 5.56 Å². The minimum atomic E-state index is -0.00360. The van der Waals surface area contributed by atoms with E-state index in [-0.39, 0.29) is 30.8 Å². The number of aliphatic hydroxyl groups excluding tert-OH is 1. The van der Waals surface area contributed by atoms with Crippen LogP contribution in [-0.2, 0) is 16.1 Å². The van der Waals surface area contributed by atoms with Crippen molar-refractivity contribution >= 4 is 0 Å². The molecule has 0 unspecified atom stereocenters. The van der Waals surface area contributed by atoms with Crippen molar-refractivity contribution in [2.24, 2.45) is 11.8 Å². The molecular weight excluding hydrogens is 252 g/mol. The van der Waals surface area contributed by atoms with Gasteiger partial charge in [0.1, 0.15) is 0 Å². The molecule has 1 aliphatic rings. The standard InChI is InChI=1S/C17H26O3/c1-12(2)15-9-16(17(20-15)13(3)10-18)19-11-14-7-5-4-6-8-14/h4-8,12-13,15-18H,9-11H2,1-3H3/t13-,15+,16-,17+/m0/s1. The molecule has 0 aromatic heterocycles. The number of hydrogen-bond acceptors (Lipinski definition) is 3. The van der Waals surface area contributed by atoms with Crippen LogP contribution in [0.1, 0.15) is 32.8 Å². The van der Waals surface area contributed by atoms with E-state index in [0.717, 1.165) is 6.42 Å². The topological polar surface area (TPSA) is 38.7 Å². The largest absolute Gasteiger partial charge is 0.396 e. The van der Waals surface area contributed by atoms with E-state index in [1.807, 2.05) is 25.1 Å². The van der Waals surface area contributed by atoms with Gasteiger partial charge in [0.05, 0.1) is 24.9 Å². The first-order chi connectivity index (χ1) is 9.61. The van der Waals surface area contributed by atoms with Crippen LogP contribution in [0, 0.1) is 11.8 Å². The van der Waals surface area contributed by atoms with Gasteiger partial charge < -0.3 is 14.6 Å². The summed E-state index contributed by atoms with van der Waals surface area (Å²) in [6.07, 6.45) is 1.22. The Morgan fingerprint density at radius 2 is 1.95 bits per heavy atom. The van der Waals surface area contributed by atoms with E-state index < -0.39 is 0 Å². The monoisotopic (exact) mass is 278 g/mol. The number of benzene rings is 1. The molecule has 3 heteroatoms. The number of hydrogen-bond donors (Lipinski definition) is 1. The number of ether oxygens (including phenoxy) is 2. The highest BCUT2D eigenvalue weighted by Crippen LogP contribution is 2.32. The third-order valence-electron chi connectivity index (χ3n) is 4.06. The third kappa shape index (κ3) is 3.81. The van der Waals surface area contributed by atoms with Gasteiger partial charge in [0, 0.05) is 18.9 Å². The Morgan fingerprint density at radius 3 is 2.55 bits per heavy atom. The van der Waals surface area contributed by atoms with Crippen molar-refractivity contribution in [1.82, 2.24) is 0 Å². The zero-order valence-corrected chi connectivity index (χ0v) is 12.7. The second-order valence-electron chi connectivity index (χ2n) is 6.11. The van der Waals surface area contributed by atoms with Crippen LogP contribution in [-0.4, -0.2) is 30.0 Å². The third-order valence-corrected chi connectivity index (χ3v) is 4.06. The first kappa shape index (κ1) is 15.5. The van der Waals surface area contributed by atoms with Crippen LogP contribution >= 0.6 is 0 Å². The van der Waals surface area contributed by atoms with Crippen molar-refractivity contribution in [3.05, 3.63) is 35.9 Å². The molecule has 1 aromatic rings. The summed E-state index contributed by atoms with van der Waals surface area (Å²) < 4.78 is 12.2. The van der Waals surface area contributed by atoms with Crippen LogP contribution in [0.2, 0.25) is 0 Å². The van der Waals surface area contributed by atoms with E-state index in [0.29, 0.717) is 12.5 Å². The average molecular weight is 278 g/mol. The van der Waals surface area contributed by atoms with Crippen LogP contribution in [0.25, 0.3) is 0 Å². The van der Waals surface area contributed by atoms with Crippen LogP contribution in [0.4, 0.5) is 0 Å². The van der Waals surface area contributed by atoms with Crippen molar-refractivity contribution in [1.29, 1.82) is 0 Å². The molecule has 1 aromatic carbocycles. The predicted molar refractivity (Wildman–Crippen MR) is 79.4 cm³/mol. The van der Waals surface area contributed by atoms with Gasteiger partial charge in [-0.25, -0.2) is 0 Å². The van der Waals surface area contributed by atoms with Crippen molar-refractivity contribution < 1.29 is 14.6 Å². The van der Waals surface area contributed by atoms with E-state index >= 15 is 0 Å². The van der Waals surface area contributed by atoms with E-state index in [2.05, 4.69) is 26.0 Å². The van der Waals surface area contributed by atoms with Gasteiger partial charge in [-0.1, -0.05) is 51.1 Å². The highest BCUT2D eigenvalue weighted by atomic mass is 16.6. The van der Waals surface area contributed by atoms with Crippen LogP contribution < -0.4 is 0 Å². The Hall–Kier alpha value is -0.900. The molecule has 0 saturated carbocycles. The summed E-state index contributed by atoms with van der Waals surface area (Å²) >= 11 is 0. The van der Waals surface area contributed by atoms with Gasteiger partial charge >= 0.3 is 0 Å². The lowest BCUT2D eigenvalue weighted by atomic mass is 9.97. The molecule has 0 spiro atoms. The van der Waals surface area contributed by atoms with E-state index in [4.69, 9.17) is 9.47 Å². The summed E-state index contributed by atoms with van der Waals surface area (Å²) in [5, 5.41) is 9.39. The quantitative estimate of drug-likeness (QED) is 0.869. The molecule has 0 radical (unpaired) electrons. The first-order valence-electron chi connectivity index (χ1n) is 7.53. The van der Waals surface area contributed by atoms with Gasteiger partial charge in [-0.2, -0.15) is 0 Å². The van der Waals surface area contributed by atoms with Crippen molar-refractivity contribution in [2.45, 2.75) is 52.1 Å². The summed E-state index contributed by atoms with van der Waals surface area (Å²) in [5.41, 5.74) is 1.18. The molecule has 0 bridgehead atoms. The molecule has 4 atom stereocenters. The zero-order valence-electron chi connectivity index (χ0n) is 12.7. The minimum absolute atomic E-state index is 0.00360. The maximum absolute atomic E-state index is 9.39. The Kier molecular flexibility index (Phi) is 5.58. The smallest absolute Gasteiger partial charge is 0.0889 e. The van der Waals surface area contributed by atoms with Crippen molar-refractivity contribution in [3.63, 3.8) is 0 Å². The fraction of sp³-hybridized carbons (Fsp3) is 0.647. The van der Waals surface area contributed by atoms with Gasteiger partial charge in [0.25, 0.3) is 0 Å². The molecule has 3 nitrogen and oxygen atoms in total.